The van der Waals surface area contributed by atoms with E-state index in [2.05, 4.69) is 23.1 Å². The van der Waals surface area contributed by atoms with E-state index in [1.165, 1.54) is 5.56 Å². The second-order valence-corrected chi connectivity index (χ2v) is 5.47. The Labute approximate surface area is 127 Å². The van der Waals surface area contributed by atoms with Crippen molar-refractivity contribution < 1.29 is 4.79 Å². The van der Waals surface area contributed by atoms with Gasteiger partial charge in [0, 0.05) is 31.4 Å². The molecule has 2 N–H and O–H groups in total. The normalized spacial score (nSPS) is 18.7. The molecule has 0 bridgehead atoms. The smallest absolute Gasteiger partial charge is 0.241 e. The Morgan fingerprint density at radius 1 is 1.48 bits per heavy atom. The van der Waals surface area contributed by atoms with Crippen LogP contribution in [-0.4, -0.2) is 43.0 Å². The van der Waals surface area contributed by atoms with Crippen LogP contribution in [0.15, 0.2) is 36.4 Å². The first-order valence-corrected chi connectivity index (χ1v) is 7.63. The first kappa shape index (κ1) is 15.7. The molecular formula is C17H25N3O. The van der Waals surface area contributed by atoms with Gasteiger partial charge in [-0.25, -0.2) is 0 Å². The lowest BCUT2D eigenvalue weighted by Gasteiger charge is -2.32. The number of anilines is 1. The number of amides is 1. The topological polar surface area (TPSA) is 49.6 Å². The highest BCUT2D eigenvalue weighted by atomic mass is 16.2. The van der Waals surface area contributed by atoms with Crippen LogP contribution in [-0.2, 0) is 4.79 Å². The number of nitrogens with two attached hydrogens (primary N) is 1. The fourth-order valence-corrected chi connectivity index (χ4v) is 2.76. The molecule has 0 saturated heterocycles. The lowest BCUT2D eigenvalue weighted by Crippen LogP contribution is -2.48. The molecule has 1 aromatic rings. The average molecular weight is 287 g/mol. The van der Waals surface area contributed by atoms with Crippen LogP contribution in [0.1, 0.15) is 18.9 Å². The van der Waals surface area contributed by atoms with E-state index in [1.807, 2.05) is 36.9 Å². The summed E-state index contributed by atoms with van der Waals surface area (Å²) in [6.45, 7) is 6.61. The summed E-state index contributed by atoms with van der Waals surface area (Å²) in [6.07, 6.45) is 5.25. The molecule has 2 rings (SSSR count). The highest BCUT2D eigenvalue weighted by Gasteiger charge is 2.23. The molecule has 4 heteroatoms. The summed E-state index contributed by atoms with van der Waals surface area (Å²) in [6, 6.07) is 8.26. The molecule has 1 aromatic carbocycles. The Morgan fingerprint density at radius 2 is 2.29 bits per heavy atom. The Balaban J connectivity index is 2.08. The average Bonchev–Trinajstić information content (AvgIpc) is 2.48. The van der Waals surface area contributed by atoms with Gasteiger partial charge >= 0.3 is 0 Å². The van der Waals surface area contributed by atoms with Gasteiger partial charge in [0.05, 0.1) is 6.54 Å². The largest absolute Gasteiger partial charge is 0.329 e. The first-order chi connectivity index (χ1) is 10.2. The zero-order valence-corrected chi connectivity index (χ0v) is 13.0. The van der Waals surface area contributed by atoms with E-state index in [1.54, 1.807) is 0 Å². The number of hydrogen-bond donors (Lipinski definition) is 1. The van der Waals surface area contributed by atoms with Crippen molar-refractivity contribution in [2.75, 3.05) is 31.1 Å². The Morgan fingerprint density at radius 3 is 2.95 bits per heavy atom. The zero-order valence-electron chi connectivity index (χ0n) is 13.0. The summed E-state index contributed by atoms with van der Waals surface area (Å²) in [5.74, 6) is 0.136. The van der Waals surface area contributed by atoms with Crippen LogP contribution >= 0.6 is 0 Å². The molecule has 0 fully saturated rings. The number of carbonyl (C=O) groups is 1. The van der Waals surface area contributed by atoms with Gasteiger partial charge in [0.25, 0.3) is 0 Å². The molecule has 0 spiro atoms. The van der Waals surface area contributed by atoms with Gasteiger partial charge in [0.2, 0.25) is 5.91 Å². The number of benzene rings is 1. The third-order valence-corrected chi connectivity index (χ3v) is 3.92. The van der Waals surface area contributed by atoms with Crippen molar-refractivity contribution >= 4 is 11.6 Å². The van der Waals surface area contributed by atoms with Crippen LogP contribution in [0.4, 0.5) is 5.69 Å². The highest BCUT2D eigenvalue weighted by Crippen LogP contribution is 2.17. The van der Waals surface area contributed by atoms with Gasteiger partial charge in [-0.05, 0) is 38.0 Å². The fraction of sp³-hybridized carbons (Fsp3) is 0.471. The van der Waals surface area contributed by atoms with E-state index < -0.39 is 0 Å². The maximum Gasteiger partial charge on any atom is 0.241 e. The molecule has 1 atom stereocenters. The van der Waals surface area contributed by atoms with Gasteiger partial charge in [0.15, 0.2) is 0 Å². The van der Waals surface area contributed by atoms with E-state index in [0.717, 1.165) is 18.7 Å². The maximum atomic E-state index is 12.6. The van der Waals surface area contributed by atoms with E-state index in [-0.39, 0.29) is 11.9 Å². The van der Waals surface area contributed by atoms with Gasteiger partial charge < -0.3 is 10.6 Å². The third kappa shape index (κ3) is 3.93. The van der Waals surface area contributed by atoms with Crippen LogP contribution in [0, 0.1) is 6.92 Å². The number of aryl methyl sites for hydroxylation is 1. The molecule has 1 unspecified atom stereocenters. The van der Waals surface area contributed by atoms with Crippen molar-refractivity contribution in [1.82, 2.24) is 4.90 Å². The SMILES string of the molecule is CCN(C(=O)CN1CCC=CC1CN)c1cccc(C)c1. The minimum absolute atomic E-state index is 0.136. The number of nitrogens with zero attached hydrogens (tertiary/aromatic N) is 2. The summed E-state index contributed by atoms with van der Waals surface area (Å²) in [4.78, 5) is 16.6. The van der Waals surface area contributed by atoms with E-state index >= 15 is 0 Å². The van der Waals surface area contributed by atoms with Gasteiger partial charge in [-0.15, -0.1) is 0 Å². The third-order valence-electron chi connectivity index (χ3n) is 3.92. The van der Waals surface area contributed by atoms with Gasteiger partial charge in [-0.1, -0.05) is 24.3 Å². The minimum atomic E-state index is 0.136. The lowest BCUT2D eigenvalue weighted by molar-refractivity contribution is -0.120. The van der Waals surface area contributed by atoms with Crippen molar-refractivity contribution in [3.63, 3.8) is 0 Å². The van der Waals surface area contributed by atoms with E-state index in [0.29, 0.717) is 19.6 Å². The minimum Gasteiger partial charge on any atom is -0.329 e. The molecule has 1 amide bonds. The molecule has 0 aromatic heterocycles. The zero-order chi connectivity index (χ0) is 15.2. The standard InChI is InChI=1S/C17H25N3O/c1-3-20(15-9-6-7-14(2)11-15)17(21)13-19-10-5-4-8-16(19)12-18/h4,6-9,11,16H,3,5,10,12-13,18H2,1-2H3. The van der Waals surface area contributed by atoms with Crippen LogP contribution in [0.5, 0.6) is 0 Å². The number of carbonyl (C=O) groups excluding carboxylic acids is 1. The number of likely N-dealkylation sites (N-methyl/N-ethyl adjacent to an activating group) is 1. The first-order valence-electron chi connectivity index (χ1n) is 7.63. The summed E-state index contributed by atoms with van der Waals surface area (Å²) in [5, 5.41) is 0. The van der Waals surface area contributed by atoms with Crippen LogP contribution in [0.25, 0.3) is 0 Å². The molecule has 1 heterocycles. The lowest BCUT2D eigenvalue weighted by atomic mass is 10.1. The molecule has 1 aliphatic rings. The van der Waals surface area contributed by atoms with Crippen LogP contribution in [0.3, 0.4) is 0 Å². The predicted molar refractivity (Wildman–Crippen MR) is 87.4 cm³/mol. The molecule has 0 aliphatic carbocycles. The van der Waals surface area contributed by atoms with Crippen molar-refractivity contribution in [1.29, 1.82) is 0 Å². The number of rotatable bonds is 5. The molecule has 21 heavy (non-hydrogen) atoms. The summed E-state index contributed by atoms with van der Waals surface area (Å²) in [5.41, 5.74) is 7.93. The van der Waals surface area contributed by atoms with Crippen molar-refractivity contribution in [2.24, 2.45) is 5.73 Å². The molecule has 0 radical (unpaired) electrons. The van der Waals surface area contributed by atoms with Crippen molar-refractivity contribution in [3.05, 3.63) is 42.0 Å². The van der Waals surface area contributed by atoms with Crippen LogP contribution in [0.2, 0.25) is 0 Å². The highest BCUT2D eigenvalue weighted by molar-refractivity contribution is 5.94. The Hall–Kier alpha value is -1.65. The molecule has 4 nitrogen and oxygen atoms in total. The van der Waals surface area contributed by atoms with E-state index in [9.17, 15) is 4.79 Å². The Kier molecular flexibility index (Phi) is 5.53. The second kappa shape index (κ2) is 7.38. The van der Waals surface area contributed by atoms with Gasteiger partial charge in [-0.2, -0.15) is 0 Å². The summed E-state index contributed by atoms with van der Waals surface area (Å²) >= 11 is 0. The summed E-state index contributed by atoms with van der Waals surface area (Å²) < 4.78 is 0. The summed E-state index contributed by atoms with van der Waals surface area (Å²) in [7, 11) is 0. The van der Waals surface area contributed by atoms with Crippen LogP contribution < -0.4 is 10.6 Å². The maximum absolute atomic E-state index is 12.6. The van der Waals surface area contributed by atoms with E-state index in [4.69, 9.17) is 5.73 Å². The molecule has 0 saturated carbocycles. The predicted octanol–water partition coefficient (Wildman–Crippen LogP) is 1.94. The van der Waals surface area contributed by atoms with Gasteiger partial charge in [0.1, 0.15) is 0 Å². The monoisotopic (exact) mass is 287 g/mol. The molecule has 114 valence electrons. The Bertz CT molecular complexity index is 513. The quantitative estimate of drug-likeness (QED) is 0.842. The second-order valence-electron chi connectivity index (χ2n) is 5.47. The van der Waals surface area contributed by atoms with Crippen molar-refractivity contribution in [2.45, 2.75) is 26.3 Å². The fourth-order valence-electron chi connectivity index (χ4n) is 2.76. The van der Waals surface area contributed by atoms with Gasteiger partial charge in [-0.3, -0.25) is 9.69 Å². The molecule has 1 aliphatic heterocycles. The number of hydrogen-bond acceptors (Lipinski definition) is 3. The molecular weight excluding hydrogens is 262 g/mol. The van der Waals surface area contributed by atoms with Crippen molar-refractivity contribution in [3.8, 4) is 0 Å².